The van der Waals surface area contributed by atoms with Crippen LogP contribution in [0.5, 0.6) is 0 Å². The SMILES string of the molecule is Nc1cccc(SCCS(=O)(=O)NCc2ncn[nH]2)c1. The Kier molecular flexibility index (Phi) is 4.99. The summed E-state index contributed by atoms with van der Waals surface area (Å²) >= 11 is 1.45. The molecule has 0 aliphatic carbocycles. The van der Waals surface area contributed by atoms with Gasteiger partial charge in [-0.15, -0.1) is 11.8 Å². The number of nitrogens with zero attached hydrogens (tertiary/aromatic N) is 2. The van der Waals surface area contributed by atoms with E-state index in [0.717, 1.165) is 4.90 Å². The van der Waals surface area contributed by atoms with E-state index in [1.165, 1.54) is 18.1 Å². The van der Waals surface area contributed by atoms with E-state index in [4.69, 9.17) is 5.73 Å². The maximum atomic E-state index is 11.8. The smallest absolute Gasteiger partial charge is 0.212 e. The van der Waals surface area contributed by atoms with E-state index in [2.05, 4.69) is 19.9 Å². The van der Waals surface area contributed by atoms with Gasteiger partial charge in [0.05, 0.1) is 12.3 Å². The van der Waals surface area contributed by atoms with Crippen LogP contribution in [0.1, 0.15) is 5.82 Å². The number of aromatic amines is 1. The molecular weight excluding hydrogens is 298 g/mol. The third-order valence-electron chi connectivity index (χ3n) is 2.40. The van der Waals surface area contributed by atoms with Crippen molar-refractivity contribution in [2.45, 2.75) is 11.4 Å². The van der Waals surface area contributed by atoms with Gasteiger partial charge in [-0.05, 0) is 18.2 Å². The summed E-state index contributed by atoms with van der Waals surface area (Å²) in [6.07, 6.45) is 1.33. The van der Waals surface area contributed by atoms with Crippen LogP contribution in [0, 0.1) is 0 Å². The highest BCUT2D eigenvalue weighted by molar-refractivity contribution is 8.00. The largest absolute Gasteiger partial charge is 0.399 e. The van der Waals surface area contributed by atoms with Gasteiger partial charge in [-0.25, -0.2) is 18.1 Å². The lowest BCUT2D eigenvalue weighted by Gasteiger charge is -2.05. The van der Waals surface area contributed by atoms with Crippen LogP contribution in [-0.2, 0) is 16.6 Å². The number of benzene rings is 1. The van der Waals surface area contributed by atoms with Gasteiger partial charge in [-0.3, -0.25) is 5.10 Å². The highest BCUT2D eigenvalue weighted by Gasteiger charge is 2.11. The van der Waals surface area contributed by atoms with Gasteiger partial charge in [-0.1, -0.05) is 6.07 Å². The minimum atomic E-state index is -3.33. The molecule has 0 saturated carbocycles. The topological polar surface area (TPSA) is 114 Å². The number of hydrogen-bond donors (Lipinski definition) is 3. The van der Waals surface area contributed by atoms with Gasteiger partial charge in [-0.2, -0.15) is 5.10 Å². The Morgan fingerprint density at radius 3 is 2.95 bits per heavy atom. The van der Waals surface area contributed by atoms with Gasteiger partial charge in [0.25, 0.3) is 0 Å². The Labute approximate surface area is 121 Å². The molecule has 0 fully saturated rings. The van der Waals surface area contributed by atoms with Crippen molar-refractivity contribution in [1.29, 1.82) is 0 Å². The summed E-state index contributed by atoms with van der Waals surface area (Å²) in [5.41, 5.74) is 6.33. The number of anilines is 1. The molecule has 0 saturated heterocycles. The van der Waals surface area contributed by atoms with Gasteiger partial charge in [0.2, 0.25) is 10.0 Å². The van der Waals surface area contributed by atoms with Crippen LogP contribution in [0.25, 0.3) is 0 Å². The second-order valence-corrected chi connectivity index (χ2v) is 7.09. The molecule has 4 N–H and O–H groups in total. The number of rotatable bonds is 7. The number of nitrogens with two attached hydrogens (primary N) is 1. The molecule has 0 aliphatic heterocycles. The number of thioether (sulfide) groups is 1. The summed E-state index contributed by atoms with van der Waals surface area (Å²) in [6, 6.07) is 7.35. The molecular formula is C11H15N5O2S2. The maximum absolute atomic E-state index is 11.8. The number of nitrogens with one attached hydrogen (secondary N) is 2. The van der Waals surface area contributed by atoms with Crippen molar-refractivity contribution in [2.24, 2.45) is 0 Å². The molecule has 0 bridgehead atoms. The molecule has 20 heavy (non-hydrogen) atoms. The quantitative estimate of drug-likeness (QED) is 0.509. The first-order valence-corrected chi connectivity index (χ1v) is 8.49. The zero-order chi connectivity index (χ0) is 14.4. The monoisotopic (exact) mass is 313 g/mol. The average Bonchev–Trinajstić information content (AvgIpc) is 2.89. The lowest BCUT2D eigenvalue weighted by molar-refractivity contribution is 0.581. The van der Waals surface area contributed by atoms with Crippen LogP contribution in [0.2, 0.25) is 0 Å². The predicted octanol–water partition coefficient (Wildman–Crippen LogP) is 0.599. The summed E-state index contributed by atoms with van der Waals surface area (Å²) in [6.45, 7) is 0.116. The minimum Gasteiger partial charge on any atom is -0.399 e. The van der Waals surface area contributed by atoms with Gasteiger partial charge in [0, 0.05) is 16.3 Å². The van der Waals surface area contributed by atoms with Crippen molar-refractivity contribution in [3.05, 3.63) is 36.4 Å². The summed E-state index contributed by atoms with van der Waals surface area (Å²) in [4.78, 5) is 4.80. The Balaban J connectivity index is 1.77. The highest BCUT2D eigenvalue weighted by atomic mass is 32.2. The van der Waals surface area contributed by atoms with Crippen molar-refractivity contribution in [3.63, 3.8) is 0 Å². The summed E-state index contributed by atoms with van der Waals surface area (Å²) < 4.78 is 26.0. The molecule has 0 aliphatic rings. The van der Waals surface area contributed by atoms with Crippen molar-refractivity contribution < 1.29 is 8.42 Å². The van der Waals surface area contributed by atoms with Gasteiger partial charge in [0.1, 0.15) is 12.2 Å². The fourth-order valence-electron chi connectivity index (χ4n) is 1.44. The molecule has 1 aromatic heterocycles. The zero-order valence-electron chi connectivity index (χ0n) is 10.6. The fourth-order valence-corrected chi connectivity index (χ4v) is 3.78. The van der Waals surface area contributed by atoms with Gasteiger partial charge < -0.3 is 5.73 Å². The van der Waals surface area contributed by atoms with Crippen molar-refractivity contribution in [2.75, 3.05) is 17.2 Å². The van der Waals surface area contributed by atoms with Gasteiger partial charge >= 0.3 is 0 Å². The molecule has 0 radical (unpaired) electrons. The molecule has 108 valence electrons. The summed E-state index contributed by atoms with van der Waals surface area (Å²) in [5, 5.41) is 6.24. The third-order valence-corrected chi connectivity index (χ3v) is 4.98. The van der Waals surface area contributed by atoms with Crippen LogP contribution >= 0.6 is 11.8 Å². The first kappa shape index (κ1) is 14.8. The first-order chi connectivity index (χ1) is 9.55. The second kappa shape index (κ2) is 6.73. The lowest BCUT2D eigenvalue weighted by atomic mass is 10.3. The Bertz CT molecular complexity index is 643. The Morgan fingerprint density at radius 2 is 2.25 bits per heavy atom. The number of aromatic nitrogens is 3. The molecule has 0 spiro atoms. The van der Waals surface area contributed by atoms with E-state index < -0.39 is 10.0 Å². The van der Waals surface area contributed by atoms with Crippen LogP contribution in [-0.4, -0.2) is 35.1 Å². The van der Waals surface area contributed by atoms with Crippen molar-refractivity contribution in [3.8, 4) is 0 Å². The maximum Gasteiger partial charge on any atom is 0.212 e. The fraction of sp³-hybridized carbons (Fsp3) is 0.273. The molecule has 7 nitrogen and oxygen atoms in total. The molecule has 0 amide bonds. The van der Waals surface area contributed by atoms with Crippen molar-refractivity contribution >= 4 is 27.5 Å². The number of H-pyrrole nitrogens is 1. The summed E-state index contributed by atoms with van der Waals surface area (Å²) in [5.74, 6) is 0.965. The Hall–Kier alpha value is -1.58. The minimum absolute atomic E-state index is 0.0284. The predicted molar refractivity (Wildman–Crippen MR) is 78.6 cm³/mol. The molecule has 2 aromatic rings. The van der Waals surface area contributed by atoms with E-state index >= 15 is 0 Å². The van der Waals surface area contributed by atoms with Gasteiger partial charge in [0.15, 0.2) is 0 Å². The third kappa shape index (κ3) is 4.83. The average molecular weight is 313 g/mol. The van der Waals surface area contributed by atoms with E-state index in [1.807, 2.05) is 18.2 Å². The highest BCUT2D eigenvalue weighted by Crippen LogP contribution is 2.20. The lowest BCUT2D eigenvalue weighted by Crippen LogP contribution is -2.27. The first-order valence-electron chi connectivity index (χ1n) is 5.85. The van der Waals surface area contributed by atoms with Crippen LogP contribution in [0.3, 0.4) is 0 Å². The van der Waals surface area contributed by atoms with E-state index in [-0.39, 0.29) is 12.3 Å². The number of sulfonamides is 1. The number of hydrogen-bond acceptors (Lipinski definition) is 6. The van der Waals surface area contributed by atoms with E-state index in [0.29, 0.717) is 17.3 Å². The van der Waals surface area contributed by atoms with Crippen LogP contribution < -0.4 is 10.5 Å². The van der Waals surface area contributed by atoms with Crippen LogP contribution in [0.15, 0.2) is 35.5 Å². The molecule has 1 aromatic carbocycles. The van der Waals surface area contributed by atoms with E-state index in [9.17, 15) is 8.42 Å². The number of nitrogen functional groups attached to an aromatic ring is 1. The Morgan fingerprint density at radius 1 is 1.40 bits per heavy atom. The second-order valence-electron chi connectivity index (χ2n) is 3.99. The molecule has 0 atom stereocenters. The molecule has 1 heterocycles. The van der Waals surface area contributed by atoms with E-state index in [1.54, 1.807) is 6.07 Å². The molecule has 0 unspecified atom stereocenters. The molecule has 2 rings (SSSR count). The summed E-state index contributed by atoms with van der Waals surface area (Å²) in [7, 11) is -3.33. The standard InChI is InChI=1S/C11H15N5O2S2/c12-9-2-1-3-10(6-9)19-4-5-20(17,18)15-7-11-13-8-14-16-11/h1-3,6,8,15H,4-5,7,12H2,(H,13,14,16). The van der Waals surface area contributed by atoms with Crippen LogP contribution in [0.4, 0.5) is 5.69 Å². The normalized spacial score (nSPS) is 11.6. The molecule has 9 heteroatoms. The van der Waals surface area contributed by atoms with Crippen molar-refractivity contribution in [1.82, 2.24) is 19.9 Å². The zero-order valence-corrected chi connectivity index (χ0v) is 12.2.